The predicted octanol–water partition coefficient (Wildman–Crippen LogP) is 10.5. The first-order valence-corrected chi connectivity index (χ1v) is 45.1. The first-order chi connectivity index (χ1) is 62.5. The van der Waals surface area contributed by atoms with Crippen LogP contribution in [0, 0.1) is 20.8 Å². The Balaban J connectivity index is 0.000000189. The Bertz CT molecular complexity index is 5480. The maximum Gasteiger partial charge on any atom is 0.231 e. The van der Waals surface area contributed by atoms with E-state index in [0.717, 1.165) is 116 Å². The summed E-state index contributed by atoms with van der Waals surface area (Å²) in [6.45, 7) is 20.5. The van der Waals surface area contributed by atoms with Crippen molar-refractivity contribution in [2.24, 2.45) is 0 Å². The molecule has 131 heavy (non-hydrogen) atoms. The molecule has 23 N–H and O–H groups in total. The lowest BCUT2D eigenvalue weighted by molar-refractivity contribution is 0.831. The van der Waals surface area contributed by atoms with Crippen LogP contribution >= 0.6 is 34.0 Å². The third-order valence-electron chi connectivity index (χ3n) is 19.6. The van der Waals surface area contributed by atoms with Crippen LogP contribution in [-0.4, -0.2) is 235 Å². The maximum absolute atomic E-state index is 5.73. The van der Waals surface area contributed by atoms with Gasteiger partial charge < -0.3 is 112 Å². The largest absolute Gasteiger partial charge is 0.368 e. The summed E-state index contributed by atoms with van der Waals surface area (Å²) in [6.07, 6.45) is 28.4. The molecular formula is C86H130N42S3. The van der Waals surface area contributed by atoms with Crippen LogP contribution in [0.5, 0.6) is 0 Å². The molecule has 0 saturated heterocycles. The van der Waals surface area contributed by atoms with E-state index < -0.39 is 0 Å². The second-order valence-electron chi connectivity index (χ2n) is 31.2. The lowest BCUT2D eigenvalue weighted by atomic mass is 10.1. The van der Waals surface area contributed by atoms with Crippen molar-refractivity contribution in [3.8, 4) is 0 Å². The fraction of sp³-hybridized carbons (Fsp3) is 0.430. The molecule has 42 nitrogen and oxygen atoms in total. The molecular weight excluding hydrogens is 1720 g/mol. The zero-order chi connectivity index (χ0) is 95.2. The summed E-state index contributed by atoms with van der Waals surface area (Å²) in [6, 6.07) is 12.9. The number of hydrogen-bond donors (Lipinski definition) is 15. The maximum atomic E-state index is 5.73. The molecule has 0 spiro atoms. The van der Waals surface area contributed by atoms with Gasteiger partial charge in [0.25, 0.3) is 0 Å². The number of thiophene rings is 3. The Labute approximate surface area is 779 Å². The van der Waals surface area contributed by atoms with Gasteiger partial charge in [0.05, 0.1) is 0 Å². The lowest BCUT2D eigenvalue weighted by Gasteiger charge is -2.18. The number of rotatable bonds is 34. The van der Waals surface area contributed by atoms with Gasteiger partial charge >= 0.3 is 0 Å². The van der Waals surface area contributed by atoms with E-state index in [1.165, 1.54) is 73.8 Å². The van der Waals surface area contributed by atoms with Crippen LogP contribution in [0.25, 0.3) is 0 Å². The highest BCUT2D eigenvalue weighted by Crippen LogP contribution is 2.28. The molecule has 4 aliphatic rings. The van der Waals surface area contributed by atoms with Gasteiger partial charge in [-0.25, -0.2) is 0 Å². The normalized spacial score (nSPS) is 12.5. The predicted molar refractivity (Wildman–Crippen MR) is 542 cm³/mol. The van der Waals surface area contributed by atoms with Gasteiger partial charge in [-0.2, -0.15) is 105 Å². The second-order valence-corrected chi connectivity index (χ2v) is 35.3. The van der Waals surface area contributed by atoms with Crippen molar-refractivity contribution in [3.63, 3.8) is 0 Å². The molecule has 45 heteroatoms. The van der Waals surface area contributed by atoms with E-state index in [2.05, 4.69) is 275 Å². The van der Waals surface area contributed by atoms with Crippen molar-refractivity contribution >= 4 is 159 Å². The minimum Gasteiger partial charge on any atom is -0.368 e. The van der Waals surface area contributed by atoms with E-state index >= 15 is 0 Å². The Kier molecular flexibility index (Phi) is 40.4. The molecule has 0 bridgehead atoms. The van der Waals surface area contributed by atoms with Crippen LogP contribution in [0.1, 0.15) is 108 Å². The van der Waals surface area contributed by atoms with Gasteiger partial charge in [-0.3, -0.25) is 0 Å². The van der Waals surface area contributed by atoms with Crippen molar-refractivity contribution in [2.45, 2.75) is 119 Å². The quantitative estimate of drug-likeness (QED) is 0.0178. The fourth-order valence-corrected chi connectivity index (χ4v) is 15.1. The Hall–Kier alpha value is -14.1. The first-order valence-electron chi connectivity index (χ1n) is 42.6. The number of hydrogen-bond acceptors (Lipinski definition) is 45. The fourth-order valence-electron chi connectivity index (χ4n) is 12.4. The van der Waals surface area contributed by atoms with Crippen molar-refractivity contribution in [1.82, 2.24) is 105 Å². The monoisotopic (exact) mass is 1850 g/mol. The number of aromatic nitrogens is 21. The van der Waals surface area contributed by atoms with E-state index in [9.17, 15) is 0 Å². The second kappa shape index (κ2) is 51.8. The van der Waals surface area contributed by atoms with Crippen molar-refractivity contribution in [3.05, 3.63) is 159 Å². The molecule has 0 unspecified atom stereocenters. The van der Waals surface area contributed by atoms with Crippen LogP contribution in [0.3, 0.4) is 0 Å². The SMILES string of the molecule is CC1=C(CCN(C)c2nc(N)nc(N)n2)C=CC1.CC1=C(CCNc2nc(N)nc(N(C)C)n2)C=CC1.CC1=C(CCNc2nc(N)nc(N)n2)C=CC1.CC1=CCC=C1CCNc1nc(N)nc(N)n1.CNc1nc(NC)nc(NCCc2ccc(C)s2)n1.Cc1ccc(CCN(C)c2nc(N)nc(N(C)C)n2)s1.Cc1ccc(CCNc2nc(N(C)C)nc(N(C)C)n2)s1. The summed E-state index contributed by atoms with van der Waals surface area (Å²) < 4.78 is 0. The van der Waals surface area contributed by atoms with Gasteiger partial charge in [-0.1, -0.05) is 70.9 Å². The molecule has 10 aromatic rings. The number of nitrogens with zero attached hydrogens (tertiary/aromatic N) is 27. The summed E-state index contributed by atoms with van der Waals surface area (Å²) in [5.41, 5.74) is 55.5. The third-order valence-corrected chi connectivity index (χ3v) is 22.7. The first kappa shape index (κ1) is 102. The van der Waals surface area contributed by atoms with E-state index in [0.29, 0.717) is 77.3 Å². The summed E-state index contributed by atoms with van der Waals surface area (Å²) in [4.78, 5) is 106. The van der Waals surface area contributed by atoms with Crippen LogP contribution in [0.15, 0.2) is 130 Å². The topological polar surface area (TPSA) is 582 Å². The number of likely N-dealkylation sites (N-methyl/N-ethyl adjacent to an activating group) is 1. The number of nitrogens with two attached hydrogens (primary N) is 8. The molecule has 14 rings (SSSR count). The highest BCUT2D eigenvalue weighted by molar-refractivity contribution is 7.12. The Morgan fingerprint density at radius 2 is 0.573 bits per heavy atom. The molecule has 0 saturated carbocycles. The minimum atomic E-state index is 0.135. The third kappa shape index (κ3) is 35.8. The number of nitrogens with one attached hydrogen (secondary N) is 7. The summed E-state index contributed by atoms with van der Waals surface area (Å²) in [5, 5.41) is 21.7. The zero-order valence-electron chi connectivity index (χ0n) is 78.7. The van der Waals surface area contributed by atoms with Crippen LogP contribution in [0.4, 0.5) is 125 Å². The molecule has 10 aromatic heterocycles. The number of allylic oxidation sites excluding steroid dienone is 12. The van der Waals surface area contributed by atoms with Gasteiger partial charge in [-0.05, 0) is 178 Å². The molecule has 0 atom stereocenters. The van der Waals surface area contributed by atoms with Gasteiger partial charge in [0.15, 0.2) is 0 Å². The average Bonchev–Trinajstić information content (AvgIpc) is 1.43. The van der Waals surface area contributed by atoms with E-state index in [1.54, 1.807) is 19.0 Å². The number of aryl methyl sites for hydroxylation is 3. The highest BCUT2D eigenvalue weighted by Gasteiger charge is 2.17. The number of anilines is 21. The molecule has 702 valence electrons. The molecule has 0 aromatic carbocycles. The van der Waals surface area contributed by atoms with Crippen LogP contribution < -0.4 is 112 Å². The highest BCUT2D eigenvalue weighted by atomic mass is 32.1. The summed E-state index contributed by atoms with van der Waals surface area (Å²) >= 11 is 5.47. The molecule has 10 heterocycles. The standard InChI is InChI=1S/C14H22N6S.C13H20N6S.C13H20N6.C12H18N6S.C12H18N6.2C11H16N6/c1-10-6-7-11(21-10)8-9-15-12-16-13(19(2)3)18-14(17-12)20(4)5;1-9-5-6-10(20-9)7-8-19(4)13-16-11(14)15-12(17-13)18(2)3;1-9-5-4-6-10(9)7-8-15-12-16-11(14)17-13(18-12)19(2)3;1-8-4-5-9(19-8)6-7-15-12-17-10(13-2)16-11(14-3)18-12;1-8-4-3-5-9(8)6-7-18(2)12-16-10(13)15-11(14)17-12;2*1-7-3-2-4-8(7)5-6-14-11-16-9(12)15-10(13)17-11/h6-7H,8-9H2,1-5H3,(H,15,16,17,18);5-6H,7-8H2,1-4H3,(H2,14,15,16,17);4,6H,5,7-8H2,1-3H3,(H3,14,15,16,17,18);4-5H,6-7H2,1-3H3,(H3,13,14,15,16,17,18);3,5H,4,6-7H2,1-2H3,(H4,13,14,15,16,17);3-4H,2,5-6H2,1H3,(H5,12,13,14,15,16,17);2,4H,3,5-6H2,1H3,(H5,12,13,14,15,16,17). The van der Waals surface area contributed by atoms with Crippen molar-refractivity contribution in [1.29, 1.82) is 0 Å². The van der Waals surface area contributed by atoms with Crippen molar-refractivity contribution < 1.29 is 0 Å². The lowest BCUT2D eigenvalue weighted by Crippen LogP contribution is -2.25. The smallest absolute Gasteiger partial charge is 0.231 e. The minimum absolute atomic E-state index is 0.135. The van der Waals surface area contributed by atoms with Gasteiger partial charge in [0.1, 0.15) is 0 Å². The Morgan fingerprint density at radius 3 is 0.924 bits per heavy atom. The van der Waals surface area contributed by atoms with Crippen LogP contribution in [-0.2, 0) is 19.3 Å². The number of nitrogen functional groups attached to an aromatic ring is 8. The van der Waals surface area contributed by atoms with Gasteiger partial charge in [0.2, 0.25) is 125 Å². The van der Waals surface area contributed by atoms with E-state index in [-0.39, 0.29) is 47.6 Å². The van der Waals surface area contributed by atoms with Gasteiger partial charge in [0, 0.05) is 160 Å². The molecule has 0 amide bonds. The van der Waals surface area contributed by atoms with Crippen LogP contribution in [0.2, 0.25) is 0 Å². The van der Waals surface area contributed by atoms with E-state index in [1.807, 2.05) is 129 Å². The van der Waals surface area contributed by atoms with E-state index in [4.69, 9.17) is 45.9 Å². The molecule has 4 aliphatic carbocycles. The molecule has 0 fully saturated rings. The average molecular weight is 1850 g/mol. The van der Waals surface area contributed by atoms with Gasteiger partial charge in [-0.15, -0.1) is 34.0 Å². The summed E-state index contributed by atoms with van der Waals surface area (Å²) in [5.74, 6) is 8.57. The molecule has 0 aliphatic heterocycles. The molecule has 0 radical (unpaired) electrons. The zero-order valence-corrected chi connectivity index (χ0v) is 81.2. The van der Waals surface area contributed by atoms with Crippen molar-refractivity contribution in [2.75, 3.05) is 243 Å². The Morgan fingerprint density at radius 1 is 0.290 bits per heavy atom. The summed E-state index contributed by atoms with van der Waals surface area (Å²) in [7, 11) is 22.7.